The van der Waals surface area contributed by atoms with Crippen LogP contribution in [0.3, 0.4) is 0 Å². The molecule has 0 aliphatic heterocycles. The summed E-state index contributed by atoms with van der Waals surface area (Å²) in [5, 5.41) is 4.35. The molecule has 1 unspecified atom stereocenters. The number of nitrogens with two attached hydrogens (primary N) is 1. The van der Waals surface area contributed by atoms with E-state index in [1.807, 2.05) is 13.1 Å². The molecule has 2 N–H and O–H groups in total. The fourth-order valence-electron chi connectivity index (χ4n) is 2.34. The summed E-state index contributed by atoms with van der Waals surface area (Å²) in [6.45, 7) is 8.50. The van der Waals surface area contributed by atoms with Crippen molar-refractivity contribution in [2.75, 3.05) is 0 Å². The van der Waals surface area contributed by atoms with E-state index < -0.39 is 0 Å². The molecule has 0 radical (unpaired) electrons. The summed E-state index contributed by atoms with van der Waals surface area (Å²) in [4.78, 5) is 12.0. The average molecular weight is 265 g/mol. The summed E-state index contributed by atoms with van der Waals surface area (Å²) >= 11 is 0. The summed E-state index contributed by atoms with van der Waals surface area (Å²) < 4.78 is 1.80. The minimum Gasteiger partial charge on any atom is -0.327 e. The molecule has 108 valence electrons. The maximum absolute atomic E-state index is 12.0. The van der Waals surface area contributed by atoms with Crippen LogP contribution in [0.2, 0.25) is 0 Å². The van der Waals surface area contributed by atoms with E-state index in [0.29, 0.717) is 12.8 Å². The van der Waals surface area contributed by atoms with E-state index in [0.717, 1.165) is 24.2 Å². The first kappa shape index (κ1) is 15.9. The van der Waals surface area contributed by atoms with Gasteiger partial charge in [0, 0.05) is 31.6 Å². The highest BCUT2D eigenvalue weighted by atomic mass is 16.1. The number of nitrogens with zero attached hydrogens (tertiary/aromatic N) is 2. The maximum Gasteiger partial charge on any atom is 0.140 e. The van der Waals surface area contributed by atoms with Crippen LogP contribution >= 0.6 is 0 Å². The second kappa shape index (κ2) is 6.33. The fourth-order valence-corrected chi connectivity index (χ4v) is 2.34. The van der Waals surface area contributed by atoms with Gasteiger partial charge in [-0.15, -0.1) is 0 Å². The molecule has 0 saturated heterocycles. The van der Waals surface area contributed by atoms with Gasteiger partial charge in [0.05, 0.1) is 5.69 Å². The van der Waals surface area contributed by atoms with E-state index >= 15 is 0 Å². The topological polar surface area (TPSA) is 60.9 Å². The van der Waals surface area contributed by atoms with Crippen LogP contribution in [0.4, 0.5) is 0 Å². The molecule has 1 heterocycles. The van der Waals surface area contributed by atoms with Crippen LogP contribution in [0, 0.1) is 5.41 Å². The van der Waals surface area contributed by atoms with Crippen molar-refractivity contribution in [3.8, 4) is 0 Å². The van der Waals surface area contributed by atoms with Gasteiger partial charge in [0.15, 0.2) is 0 Å². The lowest BCUT2D eigenvalue weighted by molar-refractivity contribution is -0.118. The van der Waals surface area contributed by atoms with E-state index in [1.165, 1.54) is 0 Å². The predicted molar refractivity (Wildman–Crippen MR) is 78.0 cm³/mol. The van der Waals surface area contributed by atoms with Gasteiger partial charge in [0.2, 0.25) is 0 Å². The Hall–Kier alpha value is -1.16. The Balaban J connectivity index is 2.53. The highest BCUT2D eigenvalue weighted by Crippen LogP contribution is 2.21. The quantitative estimate of drug-likeness (QED) is 0.858. The molecule has 1 rings (SSSR count). The largest absolute Gasteiger partial charge is 0.327 e. The molecule has 0 amide bonds. The zero-order chi connectivity index (χ0) is 14.6. The van der Waals surface area contributed by atoms with Crippen LogP contribution in [0.15, 0.2) is 6.07 Å². The van der Waals surface area contributed by atoms with E-state index in [-0.39, 0.29) is 17.2 Å². The molecule has 0 aliphatic carbocycles. The van der Waals surface area contributed by atoms with Crippen molar-refractivity contribution < 1.29 is 4.79 Å². The fraction of sp³-hybridized carbons (Fsp3) is 0.733. The third kappa shape index (κ3) is 5.55. The Bertz CT molecular complexity index is 429. The molecule has 0 bridgehead atoms. The van der Waals surface area contributed by atoms with Crippen LogP contribution in [0.25, 0.3) is 0 Å². The molecule has 0 aliphatic rings. The first-order chi connectivity index (χ1) is 8.71. The van der Waals surface area contributed by atoms with Crippen molar-refractivity contribution in [1.29, 1.82) is 0 Å². The van der Waals surface area contributed by atoms with E-state index in [4.69, 9.17) is 5.73 Å². The number of rotatable bonds is 6. The van der Waals surface area contributed by atoms with Gasteiger partial charge in [0.25, 0.3) is 0 Å². The lowest BCUT2D eigenvalue weighted by Gasteiger charge is -2.22. The van der Waals surface area contributed by atoms with Crippen LogP contribution < -0.4 is 5.73 Å². The maximum atomic E-state index is 12.0. The summed E-state index contributed by atoms with van der Waals surface area (Å²) in [6, 6.07) is 1.96. The van der Waals surface area contributed by atoms with Crippen molar-refractivity contribution in [3.63, 3.8) is 0 Å². The van der Waals surface area contributed by atoms with Crippen molar-refractivity contribution in [1.82, 2.24) is 9.78 Å². The SMILES string of the molecule is CCc1cc(CC(=O)CC(N)CC(C)(C)C)n(C)n1. The predicted octanol–water partition coefficient (Wildman–Crippen LogP) is 2.25. The number of aromatic nitrogens is 2. The summed E-state index contributed by atoms with van der Waals surface area (Å²) in [5.41, 5.74) is 8.22. The van der Waals surface area contributed by atoms with Crippen molar-refractivity contribution in [3.05, 3.63) is 17.5 Å². The van der Waals surface area contributed by atoms with E-state index in [1.54, 1.807) is 4.68 Å². The third-order valence-corrected chi connectivity index (χ3v) is 3.13. The van der Waals surface area contributed by atoms with E-state index in [2.05, 4.69) is 32.8 Å². The van der Waals surface area contributed by atoms with Gasteiger partial charge in [-0.1, -0.05) is 27.7 Å². The smallest absolute Gasteiger partial charge is 0.140 e. The minimum absolute atomic E-state index is 0.0497. The van der Waals surface area contributed by atoms with Gasteiger partial charge >= 0.3 is 0 Å². The Morgan fingerprint density at radius 3 is 2.58 bits per heavy atom. The van der Waals surface area contributed by atoms with Gasteiger partial charge < -0.3 is 5.73 Å². The number of carbonyl (C=O) groups excluding carboxylic acids is 1. The lowest BCUT2D eigenvalue weighted by atomic mass is 9.86. The average Bonchev–Trinajstić information content (AvgIpc) is 2.56. The van der Waals surface area contributed by atoms with Gasteiger partial charge in [-0.2, -0.15) is 5.10 Å². The molecule has 0 spiro atoms. The summed E-state index contributed by atoms with van der Waals surface area (Å²) in [5.74, 6) is 0.197. The lowest BCUT2D eigenvalue weighted by Crippen LogP contribution is -2.29. The zero-order valence-electron chi connectivity index (χ0n) is 12.9. The van der Waals surface area contributed by atoms with Crippen molar-refractivity contribution >= 4 is 5.78 Å². The van der Waals surface area contributed by atoms with Crippen molar-refractivity contribution in [2.45, 2.75) is 59.4 Å². The molecule has 0 fully saturated rings. The first-order valence-electron chi connectivity index (χ1n) is 7.00. The normalized spacial score (nSPS) is 13.6. The number of ketones is 1. The third-order valence-electron chi connectivity index (χ3n) is 3.13. The minimum atomic E-state index is -0.0497. The van der Waals surface area contributed by atoms with Crippen LogP contribution in [0.1, 0.15) is 51.9 Å². The highest BCUT2D eigenvalue weighted by Gasteiger charge is 2.19. The number of hydrogen-bond donors (Lipinski definition) is 1. The highest BCUT2D eigenvalue weighted by molar-refractivity contribution is 5.81. The first-order valence-corrected chi connectivity index (χ1v) is 7.00. The Morgan fingerprint density at radius 1 is 1.47 bits per heavy atom. The van der Waals surface area contributed by atoms with Crippen LogP contribution in [-0.2, 0) is 24.7 Å². The molecule has 0 aromatic carbocycles. The molecular weight excluding hydrogens is 238 g/mol. The van der Waals surface area contributed by atoms with Gasteiger partial charge in [-0.25, -0.2) is 0 Å². The van der Waals surface area contributed by atoms with Crippen molar-refractivity contribution in [2.24, 2.45) is 18.2 Å². The molecule has 4 nitrogen and oxygen atoms in total. The molecular formula is C15H27N3O. The molecule has 0 saturated carbocycles. The molecule has 1 aromatic heterocycles. The number of Topliss-reactive ketones (excluding diaryl/α,β-unsaturated/α-hetero) is 1. The number of aryl methyl sites for hydroxylation is 2. The second-order valence-electron chi connectivity index (χ2n) is 6.55. The monoisotopic (exact) mass is 265 g/mol. The van der Waals surface area contributed by atoms with Crippen LogP contribution in [-0.4, -0.2) is 21.6 Å². The van der Waals surface area contributed by atoms with Crippen LogP contribution in [0.5, 0.6) is 0 Å². The molecule has 1 aromatic rings. The Labute approximate surface area is 116 Å². The van der Waals surface area contributed by atoms with E-state index in [9.17, 15) is 4.79 Å². The number of carbonyl (C=O) groups is 1. The zero-order valence-corrected chi connectivity index (χ0v) is 12.9. The summed E-state index contributed by atoms with van der Waals surface area (Å²) in [7, 11) is 1.89. The molecule has 4 heteroatoms. The molecule has 19 heavy (non-hydrogen) atoms. The Kier molecular flexibility index (Phi) is 5.29. The standard InChI is InChI=1S/C15H27N3O/c1-6-12-8-13(18(5)17-12)9-14(19)7-11(16)10-15(2,3)4/h8,11H,6-7,9-10,16H2,1-5H3. The van der Waals surface area contributed by atoms with Gasteiger partial charge in [-0.05, 0) is 24.3 Å². The molecule has 1 atom stereocenters. The van der Waals surface area contributed by atoms with Gasteiger partial charge in [-0.3, -0.25) is 9.48 Å². The summed E-state index contributed by atoms with van der Waals surface area (Å²) in [6.07, 6.45) is 2.64. The second-order valence-corrected chi connectivity index (χ2v) is 6.55. The Morgan fingerprint density at radius 2 is 2.11 bits per heavy atom. The number of hydrogen-bond acceptors (Lipinski definition) is 3. The van der Waals surface area contributed by atoms with Gasteiger partial charge in [0.1, 0.15) is 5.78 Å².